The van der Waals surface area contributed by atoms with Gasteiger partial charge >= 0.3 is 5.97 Å². The van der Waals surface area contributed by atoms with Crippen molar-refractivity contribution in [2.45, 2.75) is 39.3 Å². The zero-order valence-corrected chi connectivity index (χ0v) is 11.5. The number of methoxy groups -OCH3 is 1. The number of benzene rings is 1. The van der Waals surface area contributed by atoms with Gasteiger partial charge < -0.3 is 10.1 Å². The van der Waals surface area contributed by atoms with Gasteiger partial charge in [-0.25, -0.2) is 0 Å². The average Bonchev–Trinajstić information content (AvgIpc) is 2.39. The summed E-state index contributed by atoms with van der Waals surface area (Å²) in [5, 5.41) is 3.27. The highest BCUT2D eigenvalue weighted by molar-refractivity contribution is 5.75. The molecule has 0 aliphatic heterocycles. The van der Waals surface area contributed by atoms with E-state index in [0.29, 0.717) is 12.5 Å². The van der Waals surface area contributed by atoms with Gasteiger partial charge in [-0.3, -0.25) is 4.79 Å². The van der Waals surface area contributed by atoms with Gasteiger partial charge in [-0.1, -0.05) is 44.2 Å². The smallest absolute Gasteiger partial charge is 0.322 e. The van der Waals surface area contributed by atoms with Crippen LogP contribution in [0.5, 0.6) is 0 Å². The fraction of sp³-hybridized carbons (Fsp3) is 0.533. The van der Waals surface area contributed by atoms with Crippen molar-refractivity contribution < 1.29 is 9.53 Å². The summed E-state index contributed by atoms with van der Waals surface area (Å²) in [6.07, 6.45) is 1.83. The summed E-state index contributed by atoms with van der Waals surface area (Å²) in [4.78, 5) is 11.7. The molecule has 0 saturated heterocycles. The van der Waals surface area contributed by atoms with Crippen molar-refractivity contribution in [3.05, 3.63) is 35.9 Å². The lowest BCUT2D eigenvalue weighted by Crippen LogP contribution is -2.37. The Morgan fingerprint density at radius 3 is 2.44 bits per heavy atom. The minimum absolute atomic E-state index is 0.174. The maximum Gasteiger partial charge on any atom is 0.322 e. The first-order valence-electron chi connectivity index (χ1n) is 6.48. The molecule has 1 unspecified atom stereocenters. The molecule has 1 aromatic rings. The Balaban J connectivity index is 2.48. The van der Waals surface area contributed by atoms with Crippen LogP contribution in [-0.4, -0.2) is 19.1 Å². The molecule has 0 fully saturated rings. The highest BCUT2D eigenvalue weighted by atomic mass is 16.5. The third-order valence-electron chi connectivity index (χ3n) is 2.91. The molecule has 1 atom stereocenters. The molecule has 0 spiro atoms. The number of carbonyl (C=O) groups is 1. The van der Waals surface area contributed by atoms with Crippen molar-refractivity contribution in [3.63, 3.8) is 0 Å². The molecule has 1 rings (SSSR count). The Labute approximate surface area is 110 Å². The van der Waals surface area contributed by atoms with E-state index < -0.39 is 0 Å². The fourth-order valence-corrected chi connectivity index (χ4v) is 1.78. The van der Waals surface area contributed by atoms with Crippen LogP contribution in [0, 0.1) is 5.92 Å². The topological polar surface area (TPSA) is 38.3 Å². The molecular weight excluding hydrogens is 226 g/mol. The van der Waals surface area contributed by atoms with Gasteiger partial charge in [0.1, 0.15) is 6.04 Å². The van der Waals surface area contributed by atoms with Gasteiger partial charge in [-0.05, 0) is 24.3 Å². The van der Waals surface area contributed by atoms with Crippen molar-refractivity contribution in [1.82, 2.24) is 5.32 Å². The third-order valence-corrected chi connectivity index (χ3v) is 2.91. The molecule has 3 heteroatoms. The van der Waals surface area contributed by atoms with Gasteiger partial charge in [0, 0.05) is 6.54 Å². The molecule has 0 aromatic heterocycles. The van der Waals surface area contributed by atoms with Crippen LogP contribution in [0.1, 0.15) is 32.3 Å². The highest BCUT2D eigenvalue weighted by Crippen LogP contribution is 2.09. The maximum atomic E-state index is 11.7. The van der Waals surface area contributed by atoms with Gasteiger partial charge in [0.15, 0.2) is 0 Å². The lowest BCUT2D eigenvalue weighted by molar-refractivity contribution is -0.143. The molecule has 0 bridgehead atoms. The first-order chi connectivity index (χ1) is 8.63. The number of esters is 1. The summed E-state index contributed by atoms with van der Waals surface area (Å²) in [5.41, 5.74) is 1.18. The van der Waals surface area contributed by atoms with Gasteiger partial charge in [-0.2, -0.15) is 0 Å². The minimum Gasteiger partial charge on any atom is -0.468 e. The number of hydrogen-bond donors (Lipinski definition) is 1. The average molecular weight is 249 g/mol. The quantitative estimate of drug-likeness (QED) is 0.755. The molecule has 0 amide bonds. The summed E-state index contributed by atoms with van der Waals surface area (Å²) in [6.45, 7) is 5.01. The van der Waals surface area contributed by atoms with Crippen LogP contribution >= 0.6 is 0 Å². The first kappa shape index (κ1) is 14.7. The Hall–Kier alpha value is -1.35. The Morgan fingerprint density at radius 2 is 1.89 bits per heavy atom. The van der Waals surface area contributed by atoms with Crippen molar-refractivity contribution in [3.8, 4) is 0 Å². The number of nitrogens with one attached hydrogen (secondary N) is 1. The molecular formula is C15H23NO2. The zero-order valence-electron chi connectivity index (χ0n) is 11.5. The molecule has 0 heterocycles. The second kappa shape index (κ2) is 7.88. The summed E-state index contributed by atoms with van der Waals surface area (Å²) >= 11 is 0. The summed E-state index contributed by atoms with van der Waals surface area (Å²) in [7, 11) is 1.44. The molecule has 0 aliphatic carbocycles. The molecule has 18 heavy (non-hydrogen) atoms. The third kappa shape index (κ3) is 5.32. The molecule has 0 aliphatic rings. The number of rotatable bonds is 7. The Bertz CT molecular complexity index is 349. The van der Waals surface area contributed by atoms with Crippen molar-refractivity contribution in [2.75, 3.05) is 7.11 Å². The van der Waals surface area contributed by atoms with E-state index in [0.717, 1.165) is 12.8 Å². The van der Waals surface area contributed by atoms with Crippen LogP contribution in [0.15, 0.2) is 30.3 Å². The van der Waals surface area contributed by atoms with E-state index in [9.17, 15) is 4.79 Å². The molecule has 100 valence electrons. The Morgan fingerprint density at radius 1 is 1.22 bits per heavy atom. The monoisotopic (exact) mass is 249 g/mol. The highest BCUT2D eigenvalue weighted by Gasteiger charge is 2.18. The number of ether oxygens (including phenoxy) is 1. The predicted molar refractivity (Wildman–Crippen MR) is 73.2 cm³/mol. The van der Waals surface area contributed by atoms with E-state index in [1.807, 2.05) is 30.3 Å². The van der Waals surface area contributed by atoms with Crippen LogP contribution in [0.2, 0.25) is 0 Å². The Kier molecular flexibility index (Phi) is 6.44. The second-order valence-corrected chi connectivity index (χ2v) is 4.91. The van der Waals surface area contributed by atoms with E-state index in [1.54, 1.807) is 0 Å². The molecule has 0 radical (unpaired) electrons. The van der Waals surface area contributed by atoms with E-state index in [1.165, 1.54) is 12.7 Å². The largest absolute Gasteiger partial charge is 0.468 e. The molecule has 3 nitrogen and oxygen atoms in total. The van der Waals surface area contributed by atoms with Gasteiger partial charge in [0.2, 0.25) is 0 Å². The van der Waals surface area contributed by atoms with Gasteiger partial charge in [0.25, 0.3) is 0 Å². The lowest BCUT2D eigenvalue weighted by atomic mass is 10.0. The molecule has 1 N–H and O–H groups in total. The van der Waals surface area contributed by atoms with Crippen LogP contribution < -0.4 is 5.32 Å². The zero-order chi connectivity index (χ0) is 13.4. The maximum absolute atomic E-state index is 11.7. The fourth-order valence-electron chi connectivity index (χ4n) is 1.78. The minimum atomic E-state index is -0.211. The SMILES string of the molecule is COC(=O)C(CCC(C)C)NCc1ccccc1. The number of hydrogen-bond acceptors (Lipinski definition) is 3. The van der Waals surface area contributed by atoms with Crippen LogP contribution in [0.3, 0.4) is 0 Å². The van der Waals surface area contributed by atoms with Crippen LogP contribution in [-0.2, 0) is 16.1 Å². The van der Waals surface area contributed by atoms with Gasteiger partial charge in [0.05, 0.1) is 7.11 Å². The van der Waals surface area contributed by atoms with E-state index >= 15 is 0 Å². The summed E-state index contributed by atoms with van der Waals surface area (Å²) in [6, 6.07) is 9.86. The normalized spacial score (nSPS) is 12.4. The second-order valence-electron chi connectivity index (χ2n) is 4.91. The molecule has 0 saturated carbocycles. The first-order valence-corrected chi connectivity index (χ1v) is 6.48. The van der Waals surface area contributed by atoms with E-state index in [-0.39, 0.29) is 12.0 Å². The van der Waals surface area contributed by atoms with Crippen LogP contribution in [0.4, 0.5) is 0 Å². The summed E-state index contributed by atoms with van der Waals surface area (Å²) < 4.78 is 4.83. The van der Waals surface area contributed by atoms with E-state index in [4.69, 9.17) is 4.74 Å². The van der Waals surface area contributed by atoms with Crippen molar-refractivity contribution >= 4 is 5.97 Å². The lowest BCUT2D eigenvalue weighted by Gasteiger charge is -2.17. The van der Waals surface area contributed by atoms with Crippen LogP contribution in [0.25, 0.3) is 0 Å². The van der Waals surface area contributed by atoms with Gasteiger partial charge in [-0.15, -0.1) is 0 Å². The standard InChI is InChI=1S/C15H23NO2/c1-12(2)9-10-14(15(17)18-3)16-11-13-7-5-4-6-8-13/h4-8,12,14,16H,9-11H2,1-3H3. The summed E-state index contributed by atoms with van der Waals surface area (Å²) in [5.74, 6) is 0.419. The molecule has 1 aromatic carbocycles. The number of carbonyl (C=O) groups excluding carboxylic acids is 1. The van der Waals surface area contributed by atoms with Crippen molar-refractivity contribution in [1.29, 1.82) is 0 Å². The van der Waals surface area contributed by atoms with Crippen molar-refractivity contribution in [2.24, 2.45) is 5.92 Å². The predicted octanol–water partition coefficient (Wildman–Crippen LogP) is 2.75. The van der Waals surface area contributed by atoms with E-state index in [2.05, 4.69) is 19.2 Å².